The van der Waals surface area contributed by atoms with Crippen LogP contribution in [0.4, 0.5) is 13.2 Å². The number of amides is 2. The van der Waals surface area contributed by atoms with Crippen molar-refractivity contribution in [1.82, 2.24) is 25.4 Å². The van der Waals surface area contributed by atoms with Crippen molar-refractivity contribution in [3.05, 3.63) is 108 Å². The number of nitrogens with zero attached hydrogens (tertiary/aromatic N) is 3. The van der Waals surface area contributed by atoms with Gasteiger partial charge in [0.15, 0.2) is 0 Å². The monoisotopic (exact) mass is 721 g/mol. The molecule has 0 bridgehead atoms. The highest BCUT2D eigenvalue weighted by molar-refractivity contribution is 5.82. The van der Waals surface area contributed by atoms with Gasteiger partial charge in [0.05, 0.1) is 18.7 Å². The van der Waals surface area contributed by atoms with Gasteiger partial charge >= 0.3 is 6.18 Å². The minimum atomic E-state index is -4.59. The summed E-state index contributed by atoms with van der Waals surface area (Å²) < 4.78 is 51.0. The van der Waals surface area contributed by atoms with Crippen LogP contribution in [0.3, 0.4) is 0 Å². The van der Waals surface area contributed by atoms with Crippen LogP contribution in [-0.2, 0) is 22.6 Å². The van der Waals surface area contributed by atoms with Crippen molar-refractivity contribution in [1.29, 1.82) is 0 Å². The average Bonchev–Trinajstić information content (AvgIpc) is 3.61. The Morgan fingerprint density at radius 3 is 2.50 bits per heavy atom. The Hall–Kier alpha value is -4.76. The number of aliphatic hydroxyl groups excluding tert-OH is 2. The van der Waals surface area contributed by atoms with Gasteiger partial charge in [-0.05, 0) is 48.7 Å². The lowest BCUT2D eigenvalue weighted by atomic mass is 9.91. The Morgan fingerprint density at radius 1 is 0.981 bits per heavy atom. The molecule has 4 N–H and O–H groups in total. The van der Waals surface area contributed by atoms with Gasteiger partial charge in [0.1, 0.15) is 42.6 Å². The lowest BCUT2D eigenvalue weighted by Gasteiger charge is -2.41. The van der Waals surface area contributed by atoms with Crippen molar-refractivity contribution >= 4 is 11.8 Å². The maximum absolute atomic E-state index is 13.9. The molecule has 1 fully saturated rings. The largest absolute Gasteiger partial charge is 0.490 e. The topological polar surface area (TPSA) is 140 Å². The zero-order valence-corrected chi connectivity index (χ0v) is 28.4. The minimum Gasteiger partial charge on any atom is -0.490 e. The summed E-state index contributed by atoms with van der Waals surface area (Å²) in [5.41, 5.74) is 2.34. The molecule has 14 heteroatoms. The highest BCUT2D eigenvalue weighted by Crippen LogP contribution is 2.33. The Labute approximate surface area is 299 Å². The van der Waals surface area contributed by atoms with Crippen LogP contribution in [0.1, 0.15) is 29.3 Å². The predicted molar refractivity (Wildman–Crippen MR) is 185 cm³/mol. The van der Waals surface area contributed by atoms with Gasteiger partial charge in [-0.1, -0.05) is 48.5 Å². The second kappa shape index (κ2) is 16.7. The van der Waals surface area contributed by atoms with Crippen molar-refractivity contribution in [2.75, 3.05) is 39.3 Å². The number of pyridine rings is 1. The quantitative estimate of drug-likeness (QED) is 0.163. The molecule has 2 aromatic heterocycles. The first-order valence-corrected chi connectivity index (χ1v) is 17.2. The number of fused-ring (bicyclic) bond motifs is 1. The summed E-state index contributed by atoms with van der Waals surface area (Å²) in [6.07, 6.45) is -3.26. The van der Waals surface area contributed by atoms with E-state index in [1.807, 2.05) is 52.7 Å². The molecule has 11 nitrogen and oxygen atoms in total. The first-order valence-electron chi connectivity index (χ1n) is 17.2. The highest BCUT2D eigenvalue weighted by Gasteiger charge is 2.38. The number of aliphatic hydroxyl groups is 2. The zero-order chi connectivity index (χ0) is 36.7. The molecule has 1 unspecified atom stereocenters. The summed E-state index contributed by atoms with van der Waals surface area (Å²) in [6, 6.07) is 22.2. The van der Waals surface area contributed by atoms with Gasteiger partial charge in [-0.3, -0.25) is 24.4 Å². The third-order valence-corrected chi connectivity index (χ3v) is 9.39. The van der Waals surface area contributed by atoms with E-state index in [-0.39, 0.29) is 39.1 Å². The van der Waals surface area contributed by atoms with E-state index in [0.29, 0.717) is 35.9 Å². The summed E-state index contributed by atoms with van der Waals surface area (Å²) in [7, 11) is 0. The molecule has 4 heterocycles. The number of aromatic nitrogens is 1. The maximum Gasteiger partial charge on any atom is 0.405 e. The SMILES string of the molecule is O=C(NC1c2ccccc2OC[C@H]1O)[C@H](Cc1ccncc1)C[C@H](O)CN1CCN(Cc2ccc(-c3ccccc3)o2)C[C@H]1C(=O)NCC(F)(F)F. The fraction of sp³-hybridized carbons (Fsp3) is 0.395. The van der Waals surface area contributed by atoms with Gasteiger partial charge < -0.3 is 30.0 Å². The van der Waals surface area contributed by atoms with E-state index in [1.54, 1.807) is 53.7 Å². The van der Waals surface area contributed by atoms with Crippen LogP contribution in [0.15, 0.2) is 95.7 Å². The number of hydrogen-bond donors (Lipinski definition) is 4. The molecule has 0 spiro atoms. The molecule has 52 heavy (non-hydrogen) atoms. The van der Waals surface area contributed by atoms with Crippen LogP contribution in [0, 0.1) is 5.92 Å². The Balaban J connectivity index is 1.15. The summed E-state index contributed by atoms with van der Waals surface area (Å²) in [6.45, 7) is -0.371. The number of hydrogen-bond acceptors (Lipinski definition) is 9. The smallest absolute Gasteiger partial charge is 0.405 e. The summed E-state index contributed by atoms with van der Waals surface area (Å²) in [4.78, 5) is 34.8. The maximum atomic E-state index is 13.9. The number of benzene rings is 2. The lowest BCUT2D eigenvalue weighted by Crippen LogP contribution is -2.60. The number of nitrogens with one attached hydrogen (secondary N) is 2. The third kappa shape index (κ3) is 9.76. The molecule has 6 rings (SSSR count). The Bertz CT molecular complexity index is 1780. The first-order chi connectivity index (χ1) is 25.0. The molecule has 5 atom stereocenters. The number of carbonyl (C=O) groups is 2. The number of halogens is 3. The second-order valence-corrected chi connectivity index (χ2v) is 13.3. The van der Waals surface area contributed by atoms with E-state index in [2.05, 4.69) is 10.3 Å². The van der Waals surface area contributed by atoms with Gasteiger partial charge in [-0.15, -0.1) is 0 Å². The van der Waals surface area contributed by atoms with Gasteiger partial charge in [0.2, 0.25) is 11.8 Å². The lowest BCUT2D eigenvalue weighted by molar-refractivity contribution is -0.143. The fourth-order valence-corrected chi connectivity index (χ4v) is 6.79. The number of alkyl halides is 3. The molecular formula is C38H42F3N5O6. The number of rotatable bonds is 13. The highest BCUT2D eigenvalue weighted by atomic mass is 19.4. The van der Waals surface area contributed by atoms with Gasteiger partial charge in [0.25, 0.3) is 0 Å². The van der Waals surface area contributed by atoms with Crippen LogP contribution < -0.4 is 15.4 Å². The van der Waals surface area contributed by atoms with Crippen molar-refractivity contribution in [3.8, 4) is 17.1 Å². The Morgan fingerprint density at radius 2 is 1.73 bits per heavy atom. The van der Waals surface area contributed by atoms with Gasteiger partial charge in [-0.2, -0.15) is 13.2 Å². The normalized spacial score (nSPS) is 20.7. The first kappa shape index (κ1) is 37.0. The molecule has 2 aliphatic heterocycles. The molecule has 0 radical (unpaired) electrons. The van der Waals surface area contributed by atoms with E-state index in [1.165, 1.54) is 0 Å². The number of furan rings is 1. The average molecular weight is 722 g/mol. The van der Waals surface area contributed by atoms with Gasteiger partial charge in [0, 0.05) is 55.6 Å². The molecule has 4 aromatic rings. The van der Waals surface area contributed by atoms with Gasteiger partial charge in [-0.25, -0.2) is 0 Å². The standard InChI is InChI=1S/C38H42F3N5O6/c39-38(40,41)24-43-37(50)31-22-45(21-29-10-11-33(52-29)26-6-2-1-3-7-26)16-17-46(31)20-28(47)19-27(18-25-12-14-42-15-13-25)36(49)44-35-30-8-4-5-9-34(30)51-23-32(35)48/h1-15,27-28,31-32,35,47-48H,16-24H2,(H,43,50)(H,44,49)/t27-,28+,31+,32-,35?/m1/s1. The van der Waals surface area contributed by atoms with Crippen molar-refractivity contribution in [3.63, 3.8) is 0 Å². The van der Waals surface area contributed by atoms with Crippen LogP contribution in [-0.4, -0.2) is 101 Å². The fourth-order valence-electron chi connectivity index (χ4n) is 6.79. The van der Waals surface area contributed by atoms with Crippen LogP contribution in [0.2, 0.25) is 0 Å². The molecule has 0 saturated carbocycles. The molecule has 2 amide bonds. The van der Waals surface area contributed by atoms with Crippen molar-refractivity contribution in [2.45, 2.75) is 49.9 Å². The molecule has 2 aromatic carbocycles. The summed E-state index contributed by atoms with van der Waals surface area (Å²) in [5, 5.41) is 27.2. The van der Waals surface area contributed by atoms with Crippen molar-refractivity contribution in [2.24, 2.45) is 5.92 Å². The molecule has 0 aliphatic carbocycles. The van der Waals surface area contributed by atoms with Crippen LogP contribution >= 0.6 is 0 Å². The number of β-amino-alcohol motifs (C(OH)–C–C–N with tert-alkyl or cyclic N) is 1. The number of piperazine rings is 1. The predicted octanol–water partition coefficient (Wildman–Crippen LogP) is 3.73. The van der Waals surface area contributed by atoms with E-state index < -0.39 is 54.7 Å². The third-order valence-electron chi connectivity index (χ3n) is 9.39. The Kier molecular flexibility index (Phi) is 11.9. The van der Waals surface area contributed by atoms with Crippen molar-refractivity contribution < 1.29 is 42.1 Å². The number of carbonyl (C=O) groups excluding carboxylic acids is 2. The second-order valence-electron chi connectivity index (χ2n) is 13.3. The number of ether oxygens (including phenoxy) is 1. The molecule has 2 aliphatic rings. The van der Waals surface area contributed by atoms with E-state index in [9.17, 15) is 33.0 Å². The molecule has 1 saturated heterocycles. The summed E-state index contributed by atoms with van der Waals surface area (Å²) >= 11 is 0. The minimum absolute atomic E-state index is 0.00249. The molecule has 276 valence electrons. The van der Waals surface area contributed by atoms with E-state index >= 15 is 0 Å². The van der Waals surface area contributed by atoms with Crippen LogP contribution in [0.5, 0.6) is 5.75 Å². The van der Waals surface area contributed by atoms with E-state index in [0.717, 1.165) is 11.1 Å². The molecular weight excluding hydrogens is 679 g/mol. The van der Waals surface area contributed by atoms with Crippen LogP contribution in [0.25, 0.3) is 11.3 Å². The van der Waals surface area contributed by atoms with E-state index in [4.69, 9.17) is 9.15 Å². The number of para-hydroxylation sites is 1. The zero-order valence-electron chi connectivity index (χ0n) is 28.4. The summed E-state index contributed by atoms with van der Waals surface area (Å²) in [5.74, 6) is -0.0782.